The molecule has 0 radical (unpaired) electrons. The van der Waals surface area contributed by atoms with Crippen LogP contribution in [0.3, 0.4) is 0 Å². The van der Waals surface area contributed by atoms with Crippen LogP contribution >= 0.6 is 0 Å². The number of nitro benzene ring substituents is 1. The summed E-state index contributed by atoms with van der Waals surface area (Å²) in [6, 6.07) is 19.2. The molecule has 390 valence electrons. The smallest absolute Gasteiger partial charge is 0.293 e. The highest BCUT2D eigenvalue weighted by atomic mass is 32.2. The van der Waals surface area contributed by atoms with Gasteiger partial charge in [-0.05, 0) is 117 Å². The highest BCUT2D eigenvalue weighted by molar-refractivity contribution is 7.90. The molecule has 0 unspecified atom stereocenters. The number of piperidine rings is 1. The van der Waals surface area contributed by atoms with Gasteiger partial charge >= 0.3 is 0 Å². The van der Waals surface area contributed by atoms with Crippen LogP contribution in [0.1, 0.15) is 112 Å². The van der Waals surface area contributed by atoms with Gasteiger partial charge < -0.3 is 39.3 Å². The van der Waals surface area contributed by atoms with Crippen molar-refractivity contribution in [1.29, 1.82) is 0 Å². The van der Waals surface area contributed by atoms with Crippen molar-refractivity contribution in [2.45, 2.75) is 113 Å². The molecule has 3 aliphatic heterocycles. The minimum atomic E-state index is -4.70. The van der Waals surface area contributed by atoms with Crippen LogP contribution in [0.25, 0.3) is 11.0 Å². The number of anilines is 2. The Hall–Kier alpha value is -5.86. The van der Waals surface area contributed by atoms with Gasteiger partial charge in [-0.15, -0.1) is 0 Å². The molecule has 1 spiro atoms. The Bertz CT molecular complexity index is 2940. The maximum atomic E-state index is 15.1. The minimum absolute atomic E-state index is 0.0213. The van der Waals surface area contributed by atoms with Gasteiger partial charge in [0.2, 0.25) is 0 Å². The van der Waals surface area contributed by atoms with Gasteiger partial charge in [0.25, 0.3) is 27.5 Å². The molecule has 19 heteroatoms. The van der Waals surface area contributed by atoms with E-state index in [1.165, 1.54) is 54.7 Å². The summed E-state index contributed by atoms with van der Waals surface area (Å²) in [5.41, 5.74) is 2.81. The Kier molecular flexibility index (Phi) is 14.4. The zero-order valence-corrected chi connectivity index (χ0v) is 42.6. The molecule has 2 saturated carbocycles. The van der Waals surface area contributed by atoms with Crippen LogP contribution in [-0.2, 0) is 19.5 Å². The second-order valence-corrected chi connectivity index (χ2v) is 23.1. The SMILES string of the molecule is CC(C)c1ccccc1[C@H]1CCC[C@H]1N1CC2(CCN(c3ccc(C(=O)NS(=O)(=O)c4ccc(NCC5CCC(C)(O)CC5)c([N+](=O)[O-])c4)c(Oc4cc5c(F)c[nH]c5nc4OC[C@@H]4COCCO4)c3)CC2)C1. The standard InChI is InChI=1S/C54H66FN7O10S/c1-34(2)39-7-4-5-8-40(39)41-9-6-10-46(41)61-32-54(33-61)19-21-60(22-20-54)36-11-13-42(48(25-36)72-49-27-43-44(55)29-57-50(43)58-52(49)71-31-37-30-69-23-24-70-37)51(63)59-73(67,68)38-12-14-45(47(26-38)62(65)66)56-28-35-15-17-53(3,64)18-16-35/h4-5,7-8,11-14,25-27,29,34-35,37,41,46,56,64H,6,9-10,15-24,28,30-33H2,1-3H3,(H,57,58)(H,59,63)/t35?,37-,41+,46+,53?/m0/s1. The molecule has 2 aromatic heterocycles. The van der Waals surface area contributed by atoms with Crippen molar-refractivity contribution < 1.29 is 46.6 Å². The van der Waals surface area contributed by atoms with Crippen LogP contribution < -0.4 is 24.4 Å². The molecular weight excluding hydrogens is 958 g/mol. The summed E-state index contributed by atoms with van der Waals surface area (Å²) in [5, 5.41) is 25.9. The molecule has 5 aromatic rings. The number of carbonyl (C=O) groups excluding carboxylic acids is 1. The lowest BCUT2D eigenvalue weighted by Crippen LogP contribution is -2.63. The molecule has 2 aliphatic carbocycles. The minimum Gasteiger partial charge on any atom is -0.472 e. The lowest BCUT2D eigenvalue weighted by molar-refractivity contribution is -0.384. The number of hydrogen-bond donors (Lipinski definition) is 4. The van der Waals surface area contributed by atoms with E-state index in [-0.39, 0.29) is 64.2 Å². The van der Waals surface area contributed by atoms with Crippen molar-refractivity contribution >= 4 is 44.0 Å². The lowest BCUT2D eigenvalue weighted by Gasteiger charge is -2.57. The van der Waals surface area contributed by atoms with E-state index in [0.717, 1.165) is 69.8 Å². The molecule has 1 amide bonds. The molecule has 17 nitrogen and oxygen atoms in total. The van der Waals surface area contributed by atoms with E-state index in [1.54, 1.807) is 19.1 Å². The number of H-pyrrole nitrogens is 1. The van der Waals surface area contributed by atoms with E-state index in [0.29, 0.717) is 50.5 Å². The first-order valence-electron chi connectivity index (χ1n) is 25.7. The summed E-state index contributed by atoms with van der Waals surface area (Å²) >= 11 is 0. The highest BCUT2D eigenvalue weighted by Crippen LogP contribution is 2.49. The van der Waals surface area contributed by atoms with Crippen molar-refractivity contribution in [1.82, 2.24) is 19.6 Å². The van der Waals surface area contributed by atoms with E-state index in [1.807, 2.05) is 0 Å². The Morgan fingerprint density at radius 2 is 1.79 bits per heavy atom. The lowest BCUT2D eigenvalue weighted by atomic mass is 9.70. The Morgan fingerprint density at radius 3 is 2.53 bits per heavy atom. The summed E-state index contributed by atoms with van der Waals surface area (Å²) < 4.78 is 69.2. The maximum absolute atomic E-state index is 15.1. The Balaban J connectivity index is 0.890. The van der Waals surface area contributed by atoms with Crippen LogP contribution in [0.4, 0.5) is 21.5 Å². The van der Waals surface area contributed by atoms with E-state index < -0.39 is 49.0 Å². The van der Waals surface area contributed by atoms with Gasteiger partial charge in [-0.2, -0.15) is 4.98 Å². The number of aromatic nitrogens is 2. The molecule has 0 bridgehead atoms. The number of amides is 1. The van der Waals surface area contributed by atoms with Gasteiger partial charge in [0.1, 0.15) is 35.6 Å². The molecule has 5 fully saturated rings. The number of nitrogens with zero attached hydrogens (tertiary/aromatic N) is 4. The predicted octanol–water partition coefficient (Wildman–Crippen LogP) is 9.03. The number of ether oxygens (including phenoxy) is 4. The number of halogens is 1. The highest BCUT2D eigenvalue weighted by Gasteiger charge is 2.49. The summed E-state index contributed by atoms with van der Waals surface area (Å²) in [4.78, 5) is 37.7. The first kappa shape index (κ1) is 50.7. The summed E-state index contributed by atoms with van der Waals surface area (Å²) in [6.07, 6.45) is 8.99. The first-order chi connectivity index (χ1) is 35.0. The summed E-state index contributed by atoms with van der Waals surface area (Å²) in [6.45, 7) is 11.5. The number of fused-ring (bicyclic) bond motifs is 1. The Labute approximate surface area is 425 Å². The average Bonchev–Trinajstić information content (AvgIpc) is 4.01. The average molecular weight is 1020 g/mol. The van der Waals surface area contributed by atoms with E-state index in [4.69, 9.17) is 18.9 Å². The van der Waals surface area contributed by atoms with Crippen LogP contribution in [0.2, 0.25) is 0 Å². The second-order valence-electron chi connectivity index (χ2n) is 21.5. The monoisotopic (exact) mass is 1020 g/mol. The van der Waals surface area contributed by atoms with Gasteiger partial charge in [0.15, 0.2) is 5.75 Å². The van der Waals surface area contributed by atoms with E-state index >= 15 is 4.39 Å². The van der Waals surface area contributed by atoms with E-state index in [9.17, 15) is 28.4 Å². The van der Waals surface area contributed by atoms with E-state index in [2.05, 4.69) is 67.9 Å². The quantitative estimate of drug-likeness (QED) is 0.0537. The largest absolute Gasteiger partial charge is 0.472 e. The van der Waals surface area contributed by atoms with Gasteiger partial charge in [-0.3, -0.25) is 19.8 Å². The van der Waals surface area contributed by atoms with Crippen LogP contribution in [-0.4, -0.2) is 116 Å². The zero-order chi connectivity index (χ0) is 51.1. The van der Waals surface area contributed by atoms with Gasteiger partial charge in [0.05, 0.1) is 46.2 Å². The zero-order valence-electron chi connectivity index (χ0n) is 41.7. The van der Waals surface area contributed by atoms with Crippen LogP contribution in [0.5, 0.6) is 17.4 Å². The number of pyridine rings is 1. The van der Waals surface area contributed by atoms with Gasteiger partial charge in [-0.1, -0.05) is 44.5 Å². The molecule has 3 saturated heterocycles. The molecule has 73 heavy (non-hydrogen) atoms. The number of rotatable bonds is 16. The first-order valence-corrected chi connectivity index (χ1v) is 27.2. The topological polar surface area (TPSA) is 211 Å². The number of likely N-dealkylation sites (tertiary alicyclic amines) is 1. The molecule has 4 N–H and O–H groups in total. The number of aromatic amines is 1. The van der Waals surface area contributed by atoms with Crippen molar-refractivity contribution in [3.05, 3.63) is 106 Å². The second kappa shape index (κ2) is 20.8. The molecule has 3 atom stereocenters. The maximum Gasteiger partial charge on any atom is 0.293 e. The summed E-state index contributed by atoms with van der Waals surface area (Å²) in [7, 11) is -4.70. The van der Waals surface area contributed by atoms with Crippen LogP contribution in [0, 0.1) is 27.3 Å². The van der Waals surface area contributed by atoms with Crippen molar-refractivity contribution in [2.24, 2.45) is 11.3 Å². The van der Waals surface area contributed by atoms with Crippen molar-refractivity contribution in [3.8, 4) is 17.4 Å². The molecule has 10 rings (SSSR count). The fourth-order valence-corrected chi connectivity index (χ4v) is 12.7. The number of benzene rings is 3. The number of nitro groups is 1. The third kappa shape index (κ3) is 11.0. The fraction of sp³-hybridized carbons (Fsp3) is 0.519. The molecule has 5 heterocycles. The van der Waals surface area contributed by atoms with Crippen LogP contribution in [0.15, 0.2) is 77.8 Å². The Morgan fingerprint density at radius 1 is 1.01 bits per heavy atom. The number of sulfonamides is 1. The number of carbonyl (C=O) groups is 1. The number of nitrogens with one attached hydrogen (secondary N) is 3. The van der Waals surface area contributed by atoms with Crippen molar-refractivity contribution in [3.63, 3.8) is 0 Å². The number of aliphatic hydroxyl groups is 1. The molecule has 3 aromatic carbocycles. The van der Waals surface area contributed by atoms with Gasteiger partial charge in [0, 0.05) is 68.8 Å². The van der Waals surface area contributed by atoms with Crippen molar-refractivity contribution in [2.75, 3.05) is 69.4 Å². The molecular formula is C54H66FN7O10S. The third-order valence-electron chi connectivity index (χ3n) is 16.0. The fourth-order valence-electron chi connectivity index (χ4n) is 11.8. The summed E-state index contributed by atoms with van der Waals surface area (Å²) in [5.74, 6) is -0.615. The predicted molar refractivity (Wildman–Crippen MR) is 274 cm³/mol. The third-order valence-corrected chi connectivity index (χ3v) is 17.3. The molecule has 5 aliphatic rings. The normalized spacial score (nSPS) is 24.4. The van der Waals surface area contributed by atoms with Gasteiger partial charge in [-0.25, -0.2) is 17.5 Å². The number of hydrogen-bond acceptors (Lipinski definition) is 14.